The maximum absolute atomic E-state index is 12.3. The van der Waals surface area contributed by atoms with Gasteiger partial charge >= 0.3 is 6.18 Å². The zero-order chi connectivity index (χ0) is 24.1. The van der Waals surface area contributed by atoms with Crippen LogP contribution in [0.15, 0.2) is 66.9 Å². The molecule has 0 fully saturated rings. The Morgan fingerprint density at radius 3 is 2.65 bits per heavy atom. The van der Waals surface area contributed by atoms with Crippen molar-refractivity contribution in [3.8, 4) is 17.0 Å². The number of nitrogens with one attached hydrogen (secondary N) is 1. The van der Waals surface area contributed by atoms with E-state index in [4.69, 9.17) is 5.11 Å². The third kappa shape index (κ3) is 5.92. The normalized spacial score (nSPS) is 11.5. The van der Waals surface area contributed by atoms with E-state index >= 15 is 0 Å². The van der Waals surface area contributed by atoms with E-state index in [9.17, 15) is 18.0 Å². The Morgan fingerprint density at radius 2 is 1.91 bits per heavy atom. The fraction of sp³-hybridized carbons (Fsp3) is 0.200. The lowest BCUT2D eigenvalue weighted by Crippen LogP contribution is -2.26. The third-order valence-electron chi connectivity index (χ3n) is 4.99. The van der Waals surface area contributed by atoms with Crippen LogP contribution in [-0.2, 0) is 6.42 Å². The highest BCUT2D eigenvalue weighted by Crippen LogP contribution is 2.36. The standard InChI is InChI=1S/C25H21F3N2O3S/c26-25(27,28)15-33-22-8-7-16(14-30-22)11-20-13-18-4-2-6-21(23(18)34-20)17-3-1-5-19(12-17)24(32)29-9-10-31/h1-8,12-14,31H,9-11,15H2,(H,29,32). The maximum atomic E-state index is 12.3. The van der Waals surface area contributed by atoms with Gasteiger partial charge in [0.25, 0.3) is 5.91 Å². The first-order chi connectivity index (χ1) is 16.3. The summed E-state index contributed by atoms with van der Waals surface area (Å²) in [5.74, 6) is -0.312. The number of aliphatic hydroxyl groups excluding tert-OH is 1. The Labute approximate surface area is 197 Å². The summed E-state index contributed by atoms with van der Waals surface area (Å²) in [5.41, 5.74) is 3.27. The summed E-state index contributed by atoms with van der Waals surface area (Å²) in [7, 11) is 0. The summed E-state index contributed by atoms with van der Waals surface area (Å²) in [6, 6.07) is 18.5. The number of pyridine rings is 1. The molecule has 4 aromatic rings. The smallest absolute Gasteiger partial charge is 0.422 e. The lowest BCUT2D eigenvalue weighted by atomic mass is 10.0. The van der Waals surface area contributed by atoms with E-state index in [2.05, 4.69) is 21.1 Å². The van der Waals surface area contributed by atoms with Gasteiger partial charge in [0.15, 0.2) is 6.61 Å². The number of aliphatic hydroxyl groups is 1. The highest BCUT2D eigenvalue weighted by atomic mass is 32.1. The molecule has 2 heterocycles. The Morgan fingerprint density at radius 1 is 1.09 bits per heavy atom. The van der Waals surface area contributed by atoms with Gasteiger partial charge in [-0.3, -0.25) is 4.79 Å². The molecule has 0 spiro atoms. The Hall–Kier alpha value is -3.43. The maximum Gasteiger partial charge on any atom is 0.422 e. The predicted octanol–water partition coefficient (Wildman–Crippen LogP) is 5.22. The van der Waals surface area contributed by atoms with E-state index in [0.717, 1.165) is 31.7 Å². The number of rotatable bonds is 8. The van der Waals surface area contributed by atoms with Crippen LogP contribution in [0.5, 0.6) is 5.88 Å². The molecule has 4 rings (SSSR count). The Bertz CT molecular complexity index is 1290. The topological polar surface area (TPSA) is 71.5 Å². The van der Waals surface area contributed by atoms with Crippen LogP contribution in [0.4, 0.5) is 13.2 Å². The van der Waals surface area contributed by atoms with Crippen LogP contribution in [0.25, 0.3) is 21.2 Å². The van der Waals surface area contributed by atoms with Crippen LogP contribution in [-0.4, -0.2) is 41.9 Å². The molecule has 0 atom stereocenters. The van der Waals surface area contributed by atoms with Crippen molar-refractivity contribution < 1.29 is 27.8 Å². The summed E-state index contributed by atoms with van der Waals surface area (Å²) in [6.45, 7) is -1.30. The van der Waals surface area contributed by atoms with Gasteiger partial charge in [0.05, 0.1) is 6.61 Å². The molecule has 1 amide bonds. The Kier molecular flexibility index (Phi) is 7.14. The van der Waals surface area contributed by atoms with Gasteiger partial charge in [-0.05, 0) is 40.3 Å². The molecule has 0 unspecified atom stereocenters. The number of halogens is 3. The van der Waals surface area contributed by atoms with Gasteiger partial charge in [-0.15, -0.1) is 11.3 Å². The summed E-state index contributed by atoms with van der Waals surface area (Å²) >= 11 is 1.62. The molecule has 0 radical (unpaired) electrons. The molecule has 34 heavy (non-hydrogen) atoms. The van der Waals surface area contributed by atoms with Gasteiger partial charge in [0.2, 0.25) is 5.88 Å². The first-order valence-corrected chi connectivity index (χ1v) is 11.3. The first kappa shape index (κ1) is 23.7. The minimum atomic E-state index is -4.40. The second kappa shape index (κ2) is 10.2. The number of aromatic nitrogens is 1. The number of nitrogens with zero attached hydrogens (tertiary/aromatic N) is 1. The van der Waals surface area contributed by atoms with Crippen LogP contribution < -0.4 is 10.1 Å². The molecular weight excluding hydrogens is 465 g/mol. The molecule has 2 N–H and O–H groups in total. The van der Waals surface area contributed by atoms with Crippen molar-refractivity contribution in [1.82, 2.24) is 10.3 Å². The van der Waals surface area contributed by atoms with Gasteiger partial charge in [-0.25, -0.2) is 4.98 Å². The van der Waals surface area contributed by atoms with Crippen LogP contribution >= 0.6 is 11.3 Å². The average molecular weight is 487 g/mol. The second-order valence-electron chi connectivity index (χ2n) is 7.58. The molecule has 0 saturated heterocycles. The van der Waals surface area contributed by atoms with Gasteiger partial charge in [-0.2, -0.15) is 13.2 Å². The minimum absolute atomic E-state index is 0.0670. The quantitative estimate of drug-likeness (QED) is 0.358. The van der Waals surface area contributed by atoms with Gasteiger partial charge in [-0.1, -0.05) is 36.4 Å². The van der Waals surface area contributed by atoms with Crippen molar-refractivity contribution in [3.05, 3.63) is 82.9 Å². The number of ether oxygens (including phenoxy) is 1. The first-order valence-electron chi connectivity index (χ1n) is 10.5. The number of carbonyl (C=O) groups is 1. The number of thiophene rings is 1. The van der Waals surface area contributed by atoms with Gasteiger partial charge in [0, 0.05) is 40.4 Å². The second-order valence-corrected chi connectivity index (χ2v) is 8.72. The average Bonchev–Trinajstić information content (AvgIpc) is 3.24. The van der Waals surface area contributed by atoms with E-state index in [-0.39, 0.29) is 24.9 Å². The zero-order valence-corrected chi connectivity index (χ0v) is 18.7. The van der Waals surface area contributed by atoms with E-state index in [1.54, 1.807) is 23.5 Å². The molecule has 2 aromatic heterocycles. The summed E-state index contributed by atoms with van der Waals surface area (Å²) in [6.07, 6.45) is -2.31. The van der Waals surface area contributed by atoms with Crippen LogP contribution in [0.2, 0.25) is 0 Å². The van der Waals surface area contributed by atoms with E-state index < -0.39 is 12.8 Å². The van der Waals surface area contributed by atoms with Crippen molar-refractivity contribution >= 4 is 27.3 Å². The van der Waals surface area contributed by atoms with Crippen molar-refractivity contribution in [3.63, 3.8) is 0 Å². The minimum Gasteiger partial charge on any atom is -0.468 e. The van der Waals surface area contributed by atoms with E-state index in [1.165, 1.54) is 12.3 Å². The summed E-state index contributed by atoms with van der Waals surface area (Å²) in [4.78, 5) is 17.3. The molecular formula is C25H21F3N2O3S. The van der Waals surface area contributed by atoms with E-state index in [1.807, 2.05) is 36.4 Å². The molecule has 0 aliphatic rings. The monoisotopic (exact) mass is 486 g/mol. The molecule has 9 heteroatoms. The number of alkyl halides is 3. The van der Waals surface area contributed by atoms with Crippen molar-refractivity contribution in [2.45, 2.75) is 12.6 Å². The predicted molar refractivity (Wildman–Crippen MR) is 125 cm³/mol. The molecule has 0 aliphatic heterocycles. The van der Waals surface area contributed by atoms with Crippen LogP contribution in [0, 0.1) is 0 Å². The fourth-order valence-electron chi connectivity index (χ4n) is 3.49. The largest absolute Gasteiger partial charge is 0.468 e. The highest BCUT2D eigenvalue weighted by molar-refractivity contribution is 7.19. The van der Waals surface area contributed by atoms with Crippen molar-refractivity contribution in [2.24, 2.45) is 0 Å². The number of fused-ring (bicyclic) bond motifs is 1. The number of carbonyl (C=O) groups excluding carboxylic acids is 1. The number of benzene rings is 2. The highest BCUT2D eigenvalue weighted by Gasteiger charge is 2.28. The zero-order valence-electron chi connectivity index (χ0n) is 17.9. The Balaban J connectivity index is 1.54. The fourth-order valence-corrected chi connectivity index (χ4v) is 4.72. The van der Waals surface area contributed by atoms with E-state index in [0.29, 0.717) is 12.0 Å². The molecule has 0 bridgehead atoms. The van der Waals surface area contributed by atoms with Gasteiger partial charge in [0.1, 0.15) is 0 Å². The molecule has 176 valence electrons. The number of hydrogen-bond acceptors (Lipinski definition) is 5. The molecule has 0 aliphatic carbocycles. The SMILES string of the molecule is O=C(NCCO)c1cccc(-c2cccc3cc(Cc4ccc(OCC(F)(F)F)nc4)sc23)c1. The summed E-state index contributed by atoms with van der Waals surface area (Å²) in [5, 5.41) is 12.6. The van der Waals surface area contributed by atoms with Crippen molar-refractivity contribution in [2.75, 3.05) is 19.8 Å². The van der Waals surface area contributed by atoms with Gasteiger partial charge < -0.3 is 15.2 Å². The third-order valence-corrected chi connectivity index (χ3v) is 6.17. The molecule has 2 aromatic carbocycles. The number of hydrogen-bond donors (Lipinski definition) is 2. The lowest BCUT2D eigenvalue weighted by molar-refractivity contribution is -0.154. The lowest BCUT2D eigenvalue weighted by Gasteiger charge is -2.08. The van der Waals surface area contributed by atoms with Crippen LogP contribution in [0.3, 0.4) is 0 Å². The molecule has 0 saturated carbocycles. The van der Waals surface area contributed by atoms with Crippen molar-refractivity contribution in [1.29, 1.82) is 0 Å². The summed E-state index contributed by atoms with van der Waals surface area (Å²) < 4.78 is 42.6. The number of amides is 1. The molecule has 5 nitrogen and oxygen atoms in total. The van der Waals surface area contributed by atoms with Crippen LogP contribution in [0.1, 0.15) is 20.8 Å².